The van der Waals surface area contributed by atoms with Crippen molar-refractivity contribution >= 4 is 28.9 Å². The van der Waals surface area contributed by atoms with E-state index in [1.54, 1.807) is 6.07 Å². The Labute approximate surface area is 166 Å². The van der Waals surface area contributed by atoms with E-state index in [1.165, 1.54) is 29.8 Å². The minimum absolute atomic E-state index is 0.0284. The lowest BCUT2D eigenvalue weighted by molar-refractivity contribution is -0.384. The Kier molecular flexibility index (Phi) is 5.96. The summed E-state index contributed by atoms with van der Waals surface area (Å²) in [6.07, 6.45) is 0.921. The monoisotopic (exact) mass is 400 g/mol. The Morgan fingerprint density at radius 3 is 2.61 bits per heavy atom. The molecule has 0 spiro atoms. The number of anilines is 1. The van der Waals surface area contributed by atoms with E-state index in [-0.39, 0.29) is 34.7 Å². The number of hydrogen-bond acceptors (Lipinski definition) is 5. The molecular formula is C20H17ClN2O5. The zero-order valence-corrected chi connectivity index (χ0v) is 15.7. The fourth-order valence-electron chi connectivity index (χ4n) is 2.46. The Morgan fingerprint density at radius 1 is 1.18 bits per heavy atom. The molecule has 0 aliphatic carbocycles. The van der Waals surface area contributed by atoms with Gasteiger partial charge in [0, 0.05) is 11.8 Å². The molecule has 0 bridgehead atoms. The van der Waals surface area contributed by atoms with E-state index in [0.717, 1.165) is 6.42 Å². The summed E-state index contributed by atoms with van der Waals surface area (Å²) in [5, 5.41) is 13.8. The van der Waals surface area contributed by atoms with Gasteiger partial charge in [-0.05, 0) is 42.3 Å². The van der Waals surface area contributed by atoms with E-state index in [0.29, 0.717) is 11.4 Å². The first-order valence-corrected chi connectivity index (χ1v) is 8.90. The van der Waals surface area contributed by atoms with Crippen LogP contribution in [0.5, 0.6) is 5.75 Å². The molecule has 7 nitrogen and oxygen atoms in total. The van der Waals surface area contributed by atoms with E-state index in [2.05, 4.69) is 12.2 Å². The molecule has 0 saturated heterocycles. The van der Waals surface area contributed by atoms with Gasteiger partial charge in [-0.15, -0.1) is 0 Å². The number of aryl methyl sites for hydroxylation is 1. The fourth-order valence-corrected chi connectivity index (χ4v) is 2.63. The van der Waals surface area contributed by atoms with Crippen LogP contribution in [0.1, 0.15) is 28.8 Å². The summed E-state index contributed by atoms with van der Waals surface area (Å²) >= 11 is 5.99. The van der Waals surface area contributed by atoms with Crippen LogP contribution < -0.4 is 10.1 Å². The summed E-state index contributed by atoms with van der Waals surface area (Å²) in [5.41, 5.74) is 1.71. The van der Waals surface area contributed by atoms with E-state index in [9.17, 15) is 14.9 Å². The van der Waals surface area contributed by atoms with Crippen LogP contribution in [0.3, 0.4) is 0 Å². The van der Waals surface area contributed by atoms with Gasteiger partial charge in [0.05, 0.1) is 16.0 Å². The van der Waals surface area contributed by atoms with Crippen molar-refractivity contribution in [2.75, 3.05) is 5.32 Å². The number of halogens is 1. The van der Waals surface area contributed by atoms with Gasteiger partial charge in [-0.25, -0.2) is 0 Å². The number of non-ortho nitro benzene ring substituents is 1. The highest BCUT2D eigenvalue weighted by atomic mass is 35.5. The maximum absolute atomic E-state index is 12.3. The number of carbonyl (C=O) groups excluding carboxylic acids is 1. The zero-order chi connectivity index (χ0) is 20.1. The molecule has 0 saturated carbocycles. The number of amides is 1. The first-order chi connectivity index (χ1) is 13.5. The molecule has 0 aliphatic rings. The molecule has 1 N–H and O–H groups in total. The van der Waals surface area contributed by atoms with Gasteiger partial charge in [-0.3, -0.25) is 14.9 Å². The average molecular weight is 401 g/mol. The van der Waals surface area contributed by atoms with Gasteiger partial charge in [-0.2, -0.15) is 0 Å². The number of furan rings is 1. The van der Waals surface area contributed by atoms with Crippen molar-refractivity contribution in [1.82, 2.24) is 0 Å². The van der Waals surface area contributed by atoms with Gasteiger partial charge in [-0.1, -0.05) is 30.7 Å². The maximum atomic E-state index is 12.3. The Balaban J connectivity index is 1.63. The molecule has 0 unspecified atom stereocenters. The maximum Gasteiger partial charge on any atom is 0.291 e. The van der Waals surface area contributed by atoms with Crippen molar-refractivity contribution in [3.8, 4) is 5.75 Å². The molecule has 0 aliphatic heterocycles. The Hall–Kier alpha value is -3.32. The van der Waals surface area contributed by atoms with Crippen LogP contribution in [0.15, 0.2) is 59.0 Å². The quantitative estimate of drug-likeness (QED) is 0.432. The summed E-state index contributed by atoms with van der Waals surface area (Å²) in [5.74, 6) is 0.288. The highest BCUT2D eigenvalue weighted by molar-refractivity contribution is 6.32. The number of nitrogens with one attached hydrogen (secondary N) is 1. The summed E-state index contributed by atoms with van der Waals surface area (Å²) in [4.78, 5) is 22.6. The number of carbonyl (C=O) groups is 1. The molecule has 3 rings (SSSR count). The molecule has 1 aromatic heterocycles. The number of hydrogen-bond donors (Lipinski definition) is 1. The molecular weight excluding hydrogens is 384 g/mol. The number of nitrogens with zero attached hydrogens (tertiary/aromatic N) is 1. The number of rotatable bonds is 7. The third-order valence-electron chi connectivity index (χ3n) is 4.00. The van der Waals surface area contributed by atoms with Gasteiger partial charge >= 0.3 is 0 Å². The highest BCUT2D eigenvalue weighted by Crippen LogP contribution is 2.29. The van der Waals surface area contributed by atoms with Crippen molar-refractivity contribution in [3.05, 3.63) is 86.8 Å². The molecule has 1 amide bonds. The second-order valence-corrected chi connectivity index (χ2v) is 6.34. The molecule has 0 fully saturated rings. The average Bonchev–Trinajstić information content (AvgIpc) is 3.17. The van der Waals surface area contributed by atoms with Crippen molar-refractivity contribution in [2.45, 2.75) is 20.0 Å². The second kappa shape index (κ2) is 8.58. The van der Waals surface area contributed by atoms with Gasteiger partial charge in [0.1, 0.15) is 18.1 Å². The summed E-state index contributed by atoms with van der Waals surface area (Å²) in [7, 11) is 0. The Bertz CT molecular complexity index is 998. The zero-order valence-electron chi connectivity index (χ0n) is 15.0. The number of nitro benzene ring substituents is 1. The first kappa shape index (κ1) is 19.4. The van der Waals surface area contributed by atoms with E-state index in [1.807, 2.05) is 24.3 Å². The van der Waals surface area contributed by atoms with Gasteiger partial charge in [0.15, 0.2) is 5.76 Å². The van der Waals surface area contributed by atoms with Crippen LogP contribution in [0, 0.1) is 10.1 Å². The number of benzene rings is 2. The first-order valence-electron chi connectivity index (χ1n) is 8.52. The highest BCUT2D eigenvalue weighted by Gasteiger charge is 2.14. The van der Waals surface area contributed by atoms with Gasteiger partial charge in [0.25, 0.3) is 11.6 Å². The largest absolute Gasteiger partial charge is 0.484 e. The minimum Gasteiger partial charge on any atom is -0.484 e. The predicted octanol–water partition coefficient (Wildman–Crippen LogP) is 5.23. The molecule has 1 heterocycles. The van der Waals surface area contributed by atoms with Crippen LogP contribution >= 0.6 is 11.6 Å². The van der Waals surface area contributed by atoms with Crippen LogP contribution in [-0.2, 0) is 13.0 Å². The minimum atomic E-state index is -0.536. The standard InChI is InChI=1S/C20H17ClN2O5/c1-2-13-3-5-14(6-4-13)22-20(24)18-10-8-16(28-18)12-27-19-11-15(23(25)26)7-9-17(19)21/h3-11H,2,12H2,1H3,(H,22,24). The lowest BCUT2D eigenvalue weighted by atomic mass is 10.1. The topological polar surface area (TPSA) is 94.6 Å². The molecule has 28 heavy (non-hydrogen) atoms. The summed E-state index contributed by atoms with van der Waals surface area (Å²) in [6.45, 7) is 2.03. The van der Waals surface area contributed by atoms with E-state index >= 15 is 0 Å². The van der Waals surface area contributed by atoms with Crippen molar-refractivity contribution in [2.24, 2.45) is 0 Å². The number of ether oxygens (including phenoxy) is 1. The van der Waals surface area contributed by atoms with Crippen LogP contribution in [0.2, 0.25) is 5.02 Å². The van der Waals surface area contributed by atoms with Crippen LogP contribution in [-0.4, -0.2) is 10.8 Å². The van der Waals surface area contributed by atoms with Crippen molar-refractivity contribution < 1.29 is 18.9 Å². The lowest BCUT2D eigenvalue weighted by Crippen LogP contribution is -2.10. The molecule has 8 heteroatoms. The van der Waals surface area contributed by atoms with E-state index < -0.39 is 4.92 Å². The molecule has 2 aromatic carbocycles. The van der Waals surface area contributed by atoms with E-state index in [4.69, 9.17) is 20.8 Å². The predicted molar refractivity (Wildman–Crippen MR) is 105 cm³/mol. The Morgan fingerprint density at radius 2 is 1.93 bits per heavy atom. The van der Waals surface area contributed by atoms with Crippen molar-refractivity contribution in [1.29, 1.82) is 0 Å². The second-order valence-electron chi connectivity index (χ2n) is 5.93. The molecule has 3 aromatic rings. The summed E-state index contributed by atoms with van der Waals surface area (Å²) in [6, 6.07) is 14.6. The summed E-state index contributed by atoms with van der Waals surface area (Å²) < 4.78 is 11.0. The normalized spacial score (nSPS) is 10.5. The SMILES string of the molecule is CCc1ccc(NC(=O)c2ccc(COc3cc([N+](=O)[O-])ccc3Cl)o2)cc1. The number of nitro groups is 1. The molecule has 144 valence electrons. The van der Waals surface area contributed by atoms with Gasteiger partial charge in [0.2, 0.25) is 0 Å². The molecule has 0 atom stereocenters. The van der Waals surface area contributed by atoms with Crippen molar-refractivity contribution in [3.63, 3.8) is 0 Å². The van der Waals surface area contributed by atoms with Gasteiger partial charge < -0.3 is 14.5 Å². The third kappa shape index (κ3) is 4.69. The smallest absolute Gasteiger partial charge is 0.291 e. The lowest BCUT2D eigenvalue weighted by Gasteiger charge is -2.06. The third-order valence-corrected chi connectivity index (χ3v) is 4.31. The molecule has 0 radical (unpaired) electrons. The van der Waals surface area contributed by atoms with Crippen LogP contribution in [0.4, 0.5) is 11.4 Å². The fraction of sp³-hybridized carbons (Fsp3) is 0.150. The van der Waals surface area contributed by atoms with Crippen LogP contribution in [0.25, 0.3) is 0 Å².